The van der Waals surface area contributed by atoms with Gasteiger partial charge in [-0.1, -0.05) is 79.9 Å². The van der Waals surface area contributed by atoms with E-state index < -0.39 is 34.0 Å². The fraction of sp³-hybridized carbons (Fsp3) is 0.536. The molecule has 9 heteroatoms. The molecular weight excluding hydrogens is 490 g/mol. The van der Waals surface area contributed by atoms with E-state index in [1.807, 2.05) is 60.7 Å². The number of aliphatic hydroxyl groups is 1. The smallest absolute Gasteiger partial charge is 0.407 e. The Balaban J connectivity index is 1.78. The number of carbonyl (C=O) groups excluding carboxylic acids is 1. The zero-order valence-electron chi connectivity index (χ0n) is 22.1. The van der Waals surface area contributed by atoms with Crippen molar-refractivity contribution < 1.29 is 23.1 Å². The standard InChI is InChI=1S/C28H41N3O5S/c1-28(2,3)30-37(34,35)31(24-17-11-6-12-18-24)20-26(32)25(19-22-13-7-4-8-14-22)29-27(33)36-21-23-15-9-5-10-16-23/h4-5,7-10,13-16,24-26,30,32H,6,11-12,17-21H2,1-3H3,(H,29,33)/t25-,26+/m0/s1. The predicted molar refractivity (Wildman–Crippen MR) is 145 cm³/mol. The lowest BCUT2D eigenvalue weighted by Crippen LogP contribution is -2.57. The second-order valence-corrected chi connectivity index (χ2v) is 12.4. The Kier molecular flexibility index (Phi) is 10.5. The first-order chi connectivity index (χ1) is 17.5. The van der Waals surface area contributed by atoms with Crippen molar-refractivity contribution in [2.45, 2.75) is 89.6 Å². The number of carbonyl (C=O) groups is 1. The van der Waals surface area contributed by atoms with Crippen LogP contribution in [0.3, 0.4) is 0 Å². The first-order valence-electron chi connectivity index (χ1n) is 13.0. The van der Waals surface area contributed by atoms with E-state index in [1.54, 1.807) is 20.8 Å². The number of benzene rings is 2. The van der Waals surface area contributed by atoms with Crippen molar-refractivity contribution in [2.24, 2.45) is 0 Å². The molecule has 1 saturated carbocycles. The number of ether oxygens (including phenoxy) is 1. The van der Waals surface area contributed by atoms with Crippen molar-refractivity contribution in [2.75, 3.05) is 6.54 Å². The van der Waals surface area contributed by atoms with Crippen LogP contribution in [0.25, 0.3) is 0 Å². The predicted octanol–water partition coefficient (Wildman–Crippen LogP) is 4.15. The SMILES string of the molecule is CC(C)(C)NS(=O)(=O)N(C[C@@H](O)[C@H](Cc1ccccc1)NC(=O)OCc1ccccc1)C1CCCCC1. The van der Waals surface area contributed by atoms with E-state index in [4.69, 9.17) is 4.74 Å². The van der Waals surface area contributed by atoms with Crippen molar-refractivity contribution in [1.82, 2.24) is 14.3 Å². The molecule has 1 aliphatic rings. The van der Waals surface area contributed by atoms with Crippen molar-refractivity contribution in [3.05, 3.63) is 71.8 Å². The van der Waals surface area contributed by atoms with Gasteiger partial charge in [0.1, 0.15) is 6.61 Å². The summed E-state index contributed by atoms with van der Waals surface area (Å²) < 4.78 is 36.4. The molecule has 0 spiro atoms. The van der Waals surface area contributed by atoms with E-state index in [9.17, 15) is 18.3 Å². The molecule has 3 N–H and O–H groups in total. The van der Waals surface area contributed by atoms with Crippen LogP contribution in [0.2, 0.25) is 0 Å². The van der Waals surface area contributed by atoms with Crippen molar-refractivity contribution in [3.8, 4) is 0 Å². The first-order valence-corrected chi connectivity index (χ1v) is 14.5. The quantitative estimate of drug-likeness (QED) is 0.404. The maximum Gasteiger partial charge on any atom is 0.407 e. The van der Waals surface area contributed by atoms with Gasteiger partial charge in [0.25, 0.3) is 10.2 Å². The van der Waals surface area contributed by atoms with Crippen LogP contribution in [0, 0.1) is 0 Å². The third-order valence-corrected chi connectivity index (χ3v) is 8.31. The largest absolute Gasteiger partial charge is 0.445 e. The van der Waals surface area contributed by atoms with Gasteiger partial charge >= 0.3 is 6.09 Å². The molecule has 1 aliphatic carbocycles. The molecule has 0 aliphatic heterocycles. The van der Waals surface area contributed by atoms with Gasteiger partial charge in [-0.3, -0.25) is 0 Å². The molecule has 37 heavy (non-hydrogen) atoms. The molecule has 8 nitrogen and oxygen atoms in total. The number of nitrogens with zero attached hydrogens (tertiary/aromatic N) is 1. The first kappa shape index (κ1) is 29.1. The molecule has 2 aromatic carbocycles. The molecule has 0 bridgehead atoms. The fourth-order valence-electron chi connectivity index (χ4n) is 4.64. The Morgan fingerprint density at radius 3 is 2.14 bits per heavy atom. The van der Waals surface area contributed by atoms with E-state index >= 15 is 0 Å². The Morgan fingerprint density at radius 1 is 1.00 bits per heavy atom. The minimum absolute atomic E-state index is 0.0961. The van der Waals surface area contributed by atoms with E-state index in [2.05, 4.69) is 10.0 Å². The summed E-state index contributed by atoms with van der Waals surface area (Å²) in [6, 6.07) is 17.9. The monoisotopic (exact) mass is 531 g/mol. The van der Waals surface area contributed by atoms with Crippen molar-refractivity contribution in [1.29, 1.82) is 0 Å². The Morgan fingerprint density at radius 2 is 1.57 bits per heavy atom. The number of nitrogens with one attached hydrogen (secondary N) is 2. The molecule has 204 valence electrons. The molecule has 2 aromatic rings. The van der Waals surface area contributed by atoms with E-state index in [1.165, 1.54) is 4.31 Å². The number of rotatable bonds is 11. The van der Waals surface area contributed by atoms with Crippen LogP contribution in [0.15, 0.2) is 60.7 Å². The molecule has 0 aromatic heterocycles. The second-order valence-electron chi connectivity index (χ2n) is 10.8. The van der Waals surface area contributed by atoms with E-state index in [0.29, 0.717) is 6.42 Å². The Hall–Kier alpha value is -2.46. The molecule has 0 unspecified atom stereocenters. The number of aliphatic hydroxyl groups excluding tert-OH is 1. The van der Waals surface area contributed by atoms with Gasteiger partial charge in [-0.15, -0.1) is 0 Å². The molecule has 2 atom stereocenters. The molecule has 3 rings (SSSR count). The summed E-state index contributed by atoms with van der Waals surface area (Å²) in [5.41, 5.74) is 1.09. The molecule has 0 radical (unpaired) electrons. The summed E-state index contributed by atoms with van der Waals surface area (Å²) in [4.78, 5) is 12.7. The lowest BCUT2D eigenvalue weighted by Gasteiger charge is -2.37. The highest BCUT2D eigenvalue weighted by molar-refractivity contribution is 7.87. The molecular formula is C28H41N3O5S. The fourth-order valence-corrected chi connectivity index (χ4v) is 6.48. The van der Waals surface area contributed by atoms with Crippen LogP contribution < -0.4 is 10.0 Å². The molecule has 1 amide bonds. The van der Waals surface area contributed by atoms with Gasteiger partial charge in [0.15, 0.2) is 0 Å². The van der Waals surface area contributed by atoms with Gasteiger partial charge < -0.3 is 15.2 Å². The minimum Gasteiger partial charge on any atom is -0.445 e. The second kappa shape index (κ2) is 13.4. The maximum absolute atomic E-state index is 13.4. The average molecular weight is 532 g/mol. The lowest BCUT2D eigenvalue weighted by molar-refractivity contribution is 0.0776. The van der Waals surface area contributed by atoms with E-state index in [0.717, 1.165) is 43.2 Å². The third-order valence-electron chi connectivity index (χ3n) is 6.37. The highest BCUT2D eigenvalue weighted by atomic mass is 32.2. The summed E-state index contributed by atoms with van der Waals surface area (Å²) in [5, 5.41) is 14.2. The van der Waals surface area contributed by atoms with E-state index in [-0.39, 0.29) is 19.2 Å². The van der Waals surface area contributed by atoms with Gasteiger partial charge in [-0.2, -0.15) is 17.4 Å². The van der Waals surface area contributed by atoms with Gasteiger partial charge in [0.05, 0.1) is 12.1 Å². The number of hydrogen-bond acceptors (Lipinski definition) is 5. The highest BCUT2D eigenvalue weighted by Gasteiger charge is 2.37. The van der Waals surface area contributed by atoms with Crippen LogP contribution in [0.1, 0.15) is 64.0 Å². The van der Waals surface area contributed by atoms with Gasteiger partial charge in [0, 0.05) is 18.1 Å². The maximum atomic E-state index is 13.4. The summed E-state index contributed by atoms with van der Waals surface area (Å²) in [5.74, 6) is 0. The van der Waals surface area contributed by atoms with Crippen LogP contribution in [0.4, 0.5) is 4.79 Å². The molecule has 1 fully saturated rings. The van der Waals surface area contributed by atoms with Crippen molar-refractivity contribution in [3.63, 3.8) is 0 Å². The van der Waals surface area contributed by atoms with Gasteiger partial charge in [0.2, 0.25) is 0 Å². The van der Waals surface area contributed by atoms with Crippen LogP contribution >= 0.6 is 0 Å². The zero-order valence-corrected chi connectivity index (χ0v) is 22.9. The zero-order chi connectivity index (χ0) is 26.9. The number of alkyl carbamates (subject to hydrolysis) is 1. The van der Waals surface area contributed by atoms with Gasteiger partial charge in [-0.25, -0.2) is 4.79 Å². The number of amides is 1. The average Bonchev–Trinajstić information content (AvgIpc) is 2.86. The van der Waals surface area contributed by atoms with Crippen molar-refractivity contribution >= 4 is 16.3 Å². The van der Waals surface area contributed by atoms with Gasteiger partial charge in [-0.05, 0) is 51.2 Å². The summed E-state index contributed by atoms with van der Waals surface area (Å²) in [6.07, 6.45) is 2.96. The summed E-state index contributed by atoms with van der Waals surface area (Å²) >= 11 is 0. The summed E-state index contributed by atoms with van der Waals surface area (Å²) in [6.45, 7) is 5.35. The topological polar surface area (TPSA) is 108 Å². The summed E-state index contributed by atoms with van der Waals surface area (Å²) in [7, 11) is -3.88. The van der Waals surface area contributed by atoms with Crippen LogP contribution in [-0.2, 0) is 28.0 Å². The minimum atomic E-state index is -3.88. The third kappa shape index (κ3) is 9.74. The number of hydrogen-bond donors (Lipinski definition) is 3. The Labute approximate surface area is 221 Å². The molecule has 0 heterocycles. The molecule has 0 saturated heterocycles. The lowest BCUT2D eigenvalue weighted by atomic mass is 9.95. The van der Waals surface area contributed by atoms with Crippen LogP contribution in [-0.4, -0.2) is 54.2 Å². The normalized spacial score (nSPS) is 16.8. The Bertz CT molecular complexity index is 1070. The van der Waals surface area contributed by atoms with Crippen LogP contribution in [0.5, 0.6) is 0 Å². The highest BCUT2D eigenvalue weighted by Crippen LogP contribution is 2.26.